The molecular weight excluding hydrogens is 377 g/mol. The van der Waals surface area contributed by atoms with Crippen LogP contribution in [0.1, 0.15) is 5.56 Å². The fraction of sp³-hybridized carbons (Fsp3) is 0.118. The average molecular weight is 394 g/mol. The second-order valence-electron chi connectivity index (χ2n) is 5.15. The number of nitrogens with zero attached hydrogens (tertiary/aromatic N) is 2. The highest BCUT2D eigenvalue weighted by Crippen LogP contribution is 2.27. The van der Waals surface area contributed by atoms with Crippen LogP contribution in [0.4, 0.5) is 10.1 Å². The van der Waals surface area contributed by atoms with Crippen molar-refractivity contribution in [2.24, 2.45) is 21.7 Å². The first-order chi connectivity index (χ1) is 12.9. The van der Waals surface area contributed by atoms with E-state index in [0.29, 0.717) is 22.7 Å². The molecule has 0 atom stereocenters. The van der Waals surface area contributed by atoms with E-state index in [0.717, 1.165) is 6.07 Å². The summed E-state index contributed by atoms with van der Waals surface area (Å²) < 4.78 is 23.8. The van der Waals surface area contributed by atoms with Gasteiger partial charge in [-0.3, -0.25) is 4.79 Å². The Morgan fingerprint density at radius 2 is 2.04 bits per heavy atom. The molecule has 0 spiro atoms. The van der Waals surface area contributed by atoms with Gasteiger partial charge in [-0.15, -0.1) is 5.10 Å². The van der Waals surface area contributed by atoms with Crippen LogP contribution in [0.5, 0.6) is 11.5 Å². The lowest BCUT2D eigenvalue weighted by molar-refractivity contribution is -0.118. The van der Waals surface area contributed by atoms with Crippen molar-refractivity contribution >= 4 is 35.4 Å². The third-order valence-corrected chi connectivity index (χ3v) is 3.42. The molecule has 8 nitrogen and oxygen atoms in total. The van der Waals surface area contributed by atoms with Gasteiger partial charge in [-0.1, -0.05) is 11.6 Å². The van der Waals surface area contributed by atoms with Crippen LogP contribution in [-0.4, -0.2) is 31.8 Å². The van der Waals surface area contributed by atoms with E-state index < -0.39 is 11.7 Å². The Hall–Kier alpha value is -3.33. The summed E-state index contributed by atoms with van der Waals surface area (Å²) in [6.07, 6.45) is 1.43. The number of benzene rings is 2. The molecule has 0 saturated carbocycles. The molecule has 0 aliphatic heterocycles. The van der Waals surface area contributed by atoms with Gasteiger partial charge in [-0.2, -0.15) is 5.10 Å². The number of guanidine groups is 1. The molecular formula is C17H17ClFN5O3. The molecule has 0 bridgehead atoms. The van der Waals surface area contributed by atoms with E-state index in [-0.39, 0.29) is 17.6 Å². The van der Waals surface area contributed by atoms with Gasteiger partial charge in [0.25, 0.3) is 5.91 Å². The highest BCUT2D eigenvalue weighted by molar-refractivity contribution is 6.31. The predicted octanol–water partition coefficient (Wildman–Crippen LogP) is 2.11. The van der Waals surface area contributed by atoms with Crippen molar-refractivity contribution in [2.75, 3.05) is 19.0 Å². The number of nitrogens with one attached hydrogen (secondary N) is 1. The summed E-state index contributed by atoms with van der Waals surface area (Å²) in [6.45, 7) is -0.285. The van der Waals surface area contributed by atoms with Gasteiger partial charge in [-0.25, -0.2) is 4.39 Å². The quantitative estimate of drug-likeness (QED) is 0.377. The number of halogens is 2. The first-order valence-corrected chi connectivity index (χ1v) is 7.94. The molecule has 0 radical (unpaired) electrons. The lowest BCUT2D eigenvalue weighted by atomic mass is 10.2. The number of amides is 1. The lowest BCUT2D eigenvalue weighted by Gasteiger charge is -2.11. The van der Waals surface area contributed by atoms with E-state index >= 15 is 0 Å². The van der Waals surface area contributed by atoms with Crippen molar-refractivity contribution in [3.63, 3.8) is 0 Å². The van der Waals surface area contributed by atoms with Gasteiger partial charge in [0.05, 0.1) is 18.3 Å². The number of carbonyl (C=O) groups excluding carboxylic acids is 1. The normalized spacial score (nSPS) is 10.5. The monoisotopic (exact) mass is 393 g/mol. The molecule has 5 N–H and O–H groups in total. The maximum Gasteiger partial charge on any atom is 0.262 e. The maximum atomic E-state index is 13.1. The Labute approximate surface area is 159 Å². The Morgan fingerprint density at radius 3 is 2.70 bits per heavy atom. The number of hydrogen-bond donors (Lipinski definition) is 3. The minimum Gasteiger partial charge on any atom is -0.493 e. The number of carbonyl (C=O) groups is 1. The van der Waals surface area contributed by atoms with E-state index in [1.54, 1.807) is 18.2 Å². The van der Waals surface area contributed by atoms with Crippen LogP contribution in [0, 0.1) is 5.82 Å². The number of rotatable bonds is 7. The van der Waals surface area contributed by atoms with Crippen molar-refractivity contribution in [3.8, 4) is 11.5 Å². The van der Waals surface area contributed by atoms with E-state index in [1.807, 2.05) is 0 Å². The number of hydrogen-bond acceptors (Lipinski definition) is 5. The van der Waals surface area contributed by atoms with Gasteiger partial charge in [0, 0.05) is 5.69 Å². The third kappa shape index (κ3) is 6.15. The first kappa shape index (κ1) is 20.0. The molecule has 0 aromatic heterocycles. The molecule has 2 aromatic carbocycles. The summed E-state index contributed by atoms with van der Waals surface area (Å²) in [5.41, 5.74) is 11.4. The first-order valence-electron chi connectivity index (χ1n) is 7.56. The van der Waals surface area contributed by atoms with Crippen LogP contribution in [0.15, 0.2) is 46.6 Å². The summed E-state index contributed by atoms with van der Waals surface area (Å²) in [6, 6.07) is 8.78. The van der Waals surface area contributed by atoms with Crippen LogP contribution in [0.3, 0.4) is 0 Å². The summed E-state index contributed by atoms with van der Waals surface area (Å²) in [4.78, 5) is 12.0. The van der Waals surface area contributed by atoms with Crippen LogP contribution < -0.4 is 26.3 Å². The molecule has 142 valence electrons. The largest absolute Gasteiger partial charge is 0.493 e. The van der Waals surface area contributed by atoms with Crippen molar-refractivity contribution < 1.29 is 18.7 Å². The molecule has 10 heteroatoms. The molecule has 0 heterocycles. The molecule has 0 saturated heterocycles. The standard InChI is InChI=1S/C17H17ClFN5O3/c1-26-15-6-10(8-22-24-17(20)21)2-5-14(15)27-9-16(25)23-11-3-4-13(19)12(18)7-11/h2-8H,9H2,1H3,(H,23,25)(H4,20,21,24)/b22-8+. The Balaban J connectivity index is 1.99. The molecule has 0 aliphatic rings. The fourth-order valence-electron chi connectivity index (χ4n) is 1.96. The van der Waals surface area contributed by atoms with Crippen LogP contribution in [0.25, 0.3) is 0 Å². The Morgan fingerprint density at radius 1 is 1.26 bits per heavy atom. The molecule has 2 rings (SSSR count). The van der Waals surface area contributed by atoms with Gasteiger partial charge < -0.3 is 26.3 Å². The number of ether oxygens (including phenoxy) is 2. The van der Waals surface area contributed by atoms with Gasteiger partial charge in [0.1, 0.15) is 5.82 Å². The Bertz CT molecular complexity index is 885. The van der Waals surface area contributed by atoms with Gasteiger partial charge in [0.2, 0.25) is 5.96 Å². The summed E-state index contributed by atoms with van der Waals surface area (Å²) in [5.74, 6) is -0.436. The zero-order valence-corrected chi connectivity index (χ0v) is 15.0. The van der Waals surface area contributed by atoms with Gasteiger partial charge >= 0.3 is 0 Å². The number of anilines is 1. The molecule has 0 aliphatic carbocycles. The molecule has 1 amide bonds. The fourth-order valence-corrected chi connectivity index (χ4v) is 2.14. The summed E-state index contributed by atoms with van der Waals surface area (Å²) in [5, 5.41) is 9.65. The zero-order valence-electron chi connectivity index (χ0n) is 14.3. The van der Waals surface area contributed by atoms with Crippen molar-refractivity contribution in [2.45, 2.75) is 0 Å². The SMILES string of the molecule is COc1cc(/C=N/N=C(N)N)ccc1OCC(=O)Nc1ccc(F)c(Cl)c1. The molecule has 27 heavy (non-hydrogen) atoms. The van der Waals surface area contributed by atoms with E-state index in [2.05, 4.69) is 15.5 Å². The third-order valence-electron chi connectivity index (χ3n) is 3.13. The van der Waals surface area contributed by atoms with Crippen molar-refractivity contribution in [1.82, 2.24) is 0 Å². The second-order valence-corrected chi connectivity index (χ2v) is 5.55. The van der Waals surface area contributed by atoms with Crippen molar-refractivity contribution in [3.05, 3.63) is 52.8 Å². The highest BCUT2D eigenvalue weighted by atomic mass is 35.5. The van der Waals surface area contributed by atoms with Gasteiger partial charge in [-0.05, 0) is 42.0 Å². The second kappa shape index (κ2) is 9.39. The minimum atomic E-state index is -0.570. The van der Waals surface area contributed by atoms with E-state index in [9.17, 15) is 9.18 Å². The number of methoxy groups -OCH3 is 1. The number of nitrogens with two attached hydrogens (primary N) is 2. The maximum absolute atomic E-state index is 13.1. The lowest BCUT2D eigenvalue weighted by Crippen LogP contribution is -2.21. The van der Waals surface area contributed by atoms with E-state index in [4.69, 9.17) is 32.5 Å². The smallest absolute Gasteiger partial charge is 0.262 e. The van der Waals surface area contributed by atoms with Crippen LogP contribution >= 0.6 is 11.6 Å². The minimum absolute atomic E-state index is 0.0895. The summed E-state index contributed by atoms with van der Waals surface area (Å²) in [7, 11) is 1.46. The zero-order chi connectivity index (χ0) is 19.8. The molecule has 2 aromatic rings. The predicted molar refractivity (Wildman–Crippen MR) is 102 cm³/mol. The van der Waals surface area contributed by atoms with Gasteiger partial charge in [0.15, 0.2) is 18.1 Å². The van der Waals surface area contributed by atoms with Crippen LogP contribution in [0.2, 0.25) is 5.02 Å². The Kier molecular flexibility index (Phi) is 6.95. The molecule has 0 unspecified atom stereocenters. The van der Waals surface area contributed by atoms with E-state index in [1.165, 1.54) is 25.5 Å². The highest BCUT2D eigenvalue weighted by Gasteiger charge is 2.10. The summed E-state index contributed by atoms with van der Waals surface area (Å²) >= 11 is 5.67. The topological polar surface area (TPSA) is 124 Å². The average Bonchev–Trinajstić information content (AvgIpc) is 2.63. The van der Waals surface area contributed by atoms with Crippen molar-refractivity contribution in [1.29, 1.82) is 0 Å². The van der Waals surface area contributed by atoms with Crippen LogP contribution in [-0.2, 0) is 4.79 Å². The molecule has 0 fully saturated rings.